The first-order valence-electron chi connectivity index (χ1n) is 7.43. The lowest BCUT2D eigenvalue weighted by molar-refractivity contribution is 0.100. The van der Waals surface area contributed by atoms with Crippen LogP contribution >= 0.6 is 0 Å². The van der Waals surface area contributed by atoms with E-state index in [4.69, 9.17) is 9.47 Å². The van der Waals surface area contributed by atoms with E-state index < -0.39 is 0 Å². The molecule has 1 aliphatic heterocycles. The van der Waals surface area contributed by atoms with Gasteiger partial charge >= 0.3 is 0 Å². The molecule has 106 valence electrons. The summed E-state index contributed by atoms with van der Waals surface area (Å²) in [5.74, 6) is 0.878. The molecule has 0 aromatic heterocycles. The molecule has 1 saturated carbocycles. The summed E-state index contributed by atoms with van der Waals surface area (Å²) in [4.78, 5) is 2.33. The molecule has 1 heterocycles. The minimum absolute atomic E-state index is 0.456. The molecule has 0 amide bonds. The van der Waals surface area contributed by atoms with Crippen molar-refractivity contribution in [3.63, 3.8) is 0 Å². The van der Waals surface area contributed by atoms with Crippen LogP contribution < -0.4 is 5.32 Å². The van der Waals surface area contributed by atoms with Crippen molar-refractivity contribution in [1.29, 1.82) is 0 Å². The van der Waals surface area contributed by atoms with Crippen LogP contribution in [-0.4, -0.2) is 64.1 Å². The molecule has 18 heavy (non-hydrogen) atoms. The fourth-order valence-corrected chi connectivity index (χ4v) is 2.20. The van der Waals surface area contributed by atoms with Crippen molar-refractivity contribution in [1.82, 2.24) is 10.2 Å². The second-order valence-electron chi connectivity index (χ2n) is 5.66. The molecule has 0 aromatic rings. The largest absolute Gasteiger partial charge is 0.380 e. The molecule has 4 nitrogen and oxygen atoms in total. The van der Waals surface area contributed by atoms with E-state index in [1.54, 1.807) is 0 Å². The maximum Gasteiger partial charge on any atom is 0.0700 e. The van der Waals surface area contributed by atoms with Crippen LogP contribution in [-0.2, 0) is 9.47 Å². The zero-order valence-corrected chi connectivity index (χ0v) is 11.7. The van der Waals surface area contributed by atoms with Gasteiger partial charge in [-0.15, -0.1) is 0 Å². The van der Waals surface area contributed by atoms with E-state index >= 15 is 0 Å². The highest BCUT2D eigenvalue weighted by Gasteiger charge is 2.20. The Morgan fingerprint density at radius 2 is 2.17 bits per heavy atom. The van der Waals surface area contributed by atoms with Crippen LogP contribution in [0, 0.1) is 5.92 Å². The first-order valence-corrected chi connectivity index (χ1v) is 7.43. The van der Waals surface area contributed by atoms with Gasteiger partial charge in [-0.25, -0.2) is 0 Å². The number of likely N-dealkylation sites (N-methyl/N-ethyl adjacent to an activating group) is 1. The summed E-state index contributed by atoms with van der Waals surface area (Å²) in [7, 11) is 2.16. The third-order valence-corrected chi connectivity index (χ3v) is 3.73. The number of ether oxygens (including phenoxy) is 2. The summed E-state index contributed by atoms with van der Waals surface area (Å²) < 4.78 is 11.2. The Hall–Kier alpha value is -0.160. The zero-order valence-electron chi connectivity index (χ0n) is 11.7. The number of rotatable bonds is 10. The third kappa shape index (κ3) is 6.14. The van der Waals surface area contributed by atoms with E-state index in [0.717, 1.165) is 51.9 Å². The van der Waals surface area contributed by atoms with Gasteiger partial charge in [0, 0.05) is 39.4 Å². The van der Waals surface area contributed by atoms with Gasteiger partial charge in [0.05, 0.1) is 12.7 Å². The lowest BCUT2D eigenvalue weighted by Gasteiger charge is -2.17. The van der Waals surface area contributed by atoms with Crippen molar-refractivity contribution in [2.45, 2.75) is 31.8 Å². The minimum atomic E-state index is 0.456. The quantitative estimate of drug-likeness (QED) is 0.594. The maximum atomic E-state index is 5.63. The molecular weight excluding hydrogens is 228 g/mol. The molecule has 1 unspecified atom stereocenters. The average molecular weight is 256 g/mol. The average Bonchev–Trinajstić information content (AvgIpc) is 3.05. The van der Waals surface area contributed by atoms with E-state index in [1.807, 2.05) is 0 Å². The third-order valence-electron chi connectivity index (χ3n) is 3.73. The summed E-state index contributed by atoms with van der Waals surface area (Å²) in [5.41, 5.74) is 0. The lowest BCUT2D eigenvalue weighted by Crippen LogP contribution is -2.34. The van der Waals surface area contributed by atoms with Gasteiger partial charge < -0.3 is 19.7 Å². The first kappa shape index (κ1) is 14.3. The van der Waals surface area contributed by atoms with E-state index in [0.29, 0.717) is 6.10 Å². The SMILES string of the molecule is CN(CCNCC1CCCO1)CCOCC1CC1. The van der Waals surface area contributed by atoms with Gasteiger partial charge in [0.15, 0.2) is 0 Å². The van der Waals surface area contributed by atoms with E-state index in [9.17, 15) is 0 Å². The second kappa shape index (κ2) is 8.10. The molecule has 0 spiro atoms. The molecule has 1 aliphatic carbocycles. The van der Waals surface area contributed by atoms with Crippen LogP contribution in [0.5, 0.6) is 0 Å². The molecule has 2 fully saturated rings. The standard InChI is InChI=1S/C14H28N2O2/c1-16(8-10-17-12-13-4-5-13)7-6-15-11-14-3-2-9-18-14/h13-15H,2-12H2,1H3. The summed E-state index contributed by atoms with van der Waals surface area (Å²) in [6, 6.07) is 0. The predicted octanol–water partition coefficient (Wildman–Crippen LogP) is 1.11. The van der Waals surface area contributed by atoms with Crippen molar-refractivity contribution in [2.75, 3.05) is 53.0 Å². The number of nitrogens with zero attached hydrogens (tertiary/aromatic N) is 1. The summed E-state index contributed by atoms with van der Waals surface area (Å²) >= 11 is 0. The van der Waals surface area contributed by atoms with Crippen molar-refractivity contribution in [2.24, 2.45) is 5.92 Å². The highest BCUT2D eigenvalue weighted by molar-refractivity contribution is 4.72. The molecule has 4 heteroatoms. The molecular formula is C14H28N2O2. The van der Waals surface area contributed by atoms with Gasteiger partial charge in [-0.3, -0.25) is 0 Å². The monoisotopic (exact) mass is 256 g/mol. The van der Waals surface area contributed by atoms with Gasteiger partial charge in [0.25, 0.3) is 0 Å². The zero-order chi connectivity index (χ0) is 12.6. The van der Waals surface area contributed by atoms with Crippen molar-refractivity contribution in [3.05, 3.63) is 0 Å². The van der Waals surface area contributed by atoms with Crippen molar-refractivity contribution >= 4 is 0 Å². The van der Waals surface area contributed by atoms with Crippen LogP contribution in [0.4, 0.5) is 0 Å². The Morgan fingerprint density at radius 3 is 2.89 bits per heavy atom. The molecule has 0 radical (unpaired) electrons. The van der Waals surface area contributed by atoms with Crippen molar-refractivity contribution < 1.29 is 9.47 Å². The van der Waals surface area contributed by atoms with Crippen molar-refractivity contribution in [3.8, 4) is 0 Å². The lowest BCUT2D eigenvalue weighted by atomic mass is 10.2. The Kier molecular flexibility index (Phi) is 6.41. The van der Waals surface area contributed by atoms with Gasteiger partial charge in [-0.05, 0) is 38.6 Å². The first-order chi connectivity index (χ1) is 8.84. The molecule has 2 aliphatic rings. The second-order valence-corrected chi connectivity index (χ2v) is 5.66. The number of hydrogen-bond donors (Lipinski definition) is 1. The summed E-state index contributed by atoms with van der Waals surface area (Å²) in [6.07, 6.45) is 5.66. The smallest absolute Gasteiger partial charge is 0.0700 e. The van der Waals surface area contributed by atoms with Gasteiger partial charge in [-0.1, -0.05) is 0 Å². The number of nitrogens with one attached hydrogen (secondary N) is 1. The van der Waals surface area contributed by atoms with Crippen LogP contribution in [0.25, 0.3) is 0 Å². The van der Waals surface area contributed by atoms with E-state index in [2.05, 4.69) is 17.3 Å². The van der Waals surface area contributed by atoms with Crippen LogP contribution in [0.15, 0.2) is 0 Å². The van der Waals surface area contributed by atoms with E-state index in [-0.39, 0.29) is 0 Å². The summed E-state index contributed by atoms with van der Waals surface area (Å²) in [5, 5.41) is 3.47. The fraction of sp³-hybridized carbons (Fsp3) is 1.00. The van der Waals surface area contributed by atoms with Gasteiger partial charge in [0.2, 0.25) is 0 Å². The Morgan fingerprint density at radius 1 is 1.28 bits per heavy atom. The Balaban J connectivity index is 1.35. The maximum absolute atomic E-state index is 5.63. The topological polar surface area (TPSA) is 33.7 Å². The summed E-state index contributed by atoms with van der Waals surface area (Å²) in [6.45, 7) is 6.97. The van der Waals surface area contributed by atoms with Crippen LogP contribution in [0.1, 0.15) is 25.7 Å². The normalized spacial score (nSPS) is 24.0. The van der Waals surface area contributed by atoms with Gasteiger partial charge in [-0.2, -0.15) is 0 Å². The highest BCUT2D eigenvalue weighted by atomic mass is 16.5. The fourth-order valence-electron chi connectivity index (χ4n) is 2.20. The molecule has 0 aromatic carbocycles. The van der Waals surface area contributed by atoms with Gasteiger partial charge in [0.1, 0.15) is 0 Å². The van der Waals surface area contributed by atoms with E-state index in [1.165, 1.54) is 25.7 Å². The number of hydrogen-bond acceptors (Lipinski definition) is 4. The Bertz CT molecular complexity index is 216. The molecule has 1 saturated heterocycles. The predicted molar refractivity (Wildman–Crippen MR) is 72.9 cm³/mol. The Labute approximate surface area is 111 Å². The minimum Gasteiger partial charge on any atom is -0.380 e. The highest BCUT2D eigenvalue weighted by Crippen LogP contribution is 2.28. The van der Waals surface area contributed by atoms with Crippen LogP contribution in [0.2, 0.25) is 0 Å². The molecule has 1 N–H and O–H groups in total. The molecule has 0 bridgehead atoms. The van der Waals surface area contributed by atoms with Crippen LogP contribution in [0.3, 0.4) is 0 Å². The molecule has 1 atom stereocenters. The molecule has 2 rings (SSSR count).